The summed E-state index contributed by atoms with van der Waals surface area (Å²) in [5.41, 5.74) is 0. The van der Waals surface area contributed by atoms with Gasteiger partial charge in [0.2, 0.25) is 0 Å². The van der Waals surface area contributed by atoms with Gasteiger partial charge in [0, 0.05) is 12.6 Å². The molecule has 4 nitrogen and oxygen atoms in total. The summed E-state index contributed by atoms with van der Waals surface area (Å²) >= 11 is 2.09. The smallest absolute Gasteiger partial charge is 0.260 e. The number of benzene rings is 1. The maximum atomic E-state index is 12.3. The van der Waals surface area contributed by atoms with E-state index in [1.807, 2.05) is 37.3 Å². The highest BCUT2D eigenvalue weighted by atomic mass is 32.2. The number of hydrogen-bond donors (Lipinski definition) is 1. The summed E-state index contributed by atoms with van der Waals surface area (Å²) in [4.78, 5) is 14.9. The average Bonchev–Trinajstić information content (AvgIpc) is 2.68. The maximum Gasteiger partial charge on any atom is 0.260 e. The molecule has 1 unspecified atom stereocenters. The SMILES string of the molecule is CC(Oc1ccccc1)C(=O)NCC1CCN(C2CCSCC2)CC1. The zero-order valence-electron chi connectivity index (χ0n) is 15.2. The molecule has 1 N–H and O–H groups in total. The molecule has 1 aromatic rings. The number of ether oxygens (including phenoxy) is 1. The molecule has 2 fully saturated rings. The highest BCUT2D eigenvalue weighted by Gasteiger charge is 2.26. The van der Waals surface area contributed by atoms with E-state index in [1.165, 1.54) is 50.3 Å². The second kappa shape index (κ2) is 9.48. The molecule has 2 heterocycles. The summed E-state index contributed by atoms with van der Waals surface area (Å²) in [5, 5.41) is 3.08. The summed E-state index contributed by atoms with van der Waals surface area (Å²) in [7, 11) is 0. The van der Waals surface area contributed by atoms with Gasteiger partial charge in [-0.15, -0.1) is 0 Å². The fraction of sp³-hybridized carbons (Fsp3) is 0.650. The number of hydrogen-bond acceptors (Lipinski definition) is 4. The average molecular weight is 363 g/mol. The molecule has 0 aromatic heterocycles. The normalized spacial score (nSPS) is 21.6. The van der Waals surface area contributed by atoms with Crippen LogP contribution in [0.5, 0.6) is 5.75 Å². The lowest BCUT2D eigenvalue weighted by molar-refractivity contribution is -0.127. The molecule has 25 heavy (non-hydrogen) atoms. The third-order valence-corrected chi connectivity index (χ3v) is 6.40. The van der Waals surface area contributed by atoms with Crippen LogP contribution in [0, 0.1) is 5.92 Å². The maximum absolute atomic E-state index is 12.3. The molecule has 0 radical (unpaired) electrons. The predicted octanol–water partition coefficient (Wildman–Crippen LogP) is 3.18. The van der Waals surface area contributed by atoms with Gasteiger partial charge < -0.3 is 15.0 Å². The van der Waals surface area contributed by atoms with Gasteiger partial charge >= 0.3 is 0 Å². The van der Waals surface area contributed by atoms with Crippen molar-refractivity contribution >= 4 is 17.7 Å². The van der Waals surface area contributed by atoms with Gasteiger partial charge in [0.25, 0.3) is 5.91 Å². The minimum Gasteiger partial charge on any atom is -0.481 e. The first-order chi connectivity index (χ1) is 12.2. The Hall–Kier alpha value is -1.20. The van der Waals surface area contributed by atoms with E-state index < -0.39 is 6.10 Å². The van der Waals surface area contributed by atoms with Crippen molar-refractivity contribution in [1.82, 2.24) is 10.2 Å². The fourth-order valence-electron chi connectivity index (χ4n) is 3.72. The van der Waals surface area contributed by atoms with Crippen LogP contribution in [0.3, 0.4) is 0 Å². The summed E-state index contributed by atoms with van der Waals surface area (Å²) < 4.78 is 5.69. The molecule has 0 spiro atoms. The number of nitrogens with one attached hydrogen (secondary N) is 1. The van der Waals surface area contributed by atoms with Gasteiger partial charge in [-0.05, 0) is 75.3 Å². The highest BCUT2D eigenvalue weighted by molar-refractivity contribution is 7.99. The number of carbonyl (C=O) groups excluding carboxylic acids is 1. The lowest BCUT2D eigenvalue weighted by Crippen LogP contribution is -2.46. The predicted molar refractivity (Wildman–Crippen MR) is 104 cm³/mol. The second-order valence-corrected chi connectivity index (χ2v) is 8.37. The van der Waals surface area contributed by atoms with E-state index in [0.29, 0.717) is 5.92 Å². The summed E-state index contributed by atoms with van der Waals surface area (Å²) in [6, 6.07) is 10.3. The molecule has 5 heteroatoms. The second-order valence-electron chi connectivity index (χ2n) is 7.14. The van der Waals surface area contributed by atoms with E-state index in [4.69, 9.17) is 4.74 Å². The Balaban J connectivity index is 1.35. The number of rotatable bonds is 6. The van der Waals surface area contributed by atoms with Gasteiger partial charge in [-0.3, -0.25) is 4.79 Å². The van der Waals surface area contributed by atoms with Crippen molar-refractivity contribution in [2.24, 2.45) is 5.92 Å². The standard InChI is InChI=1S/C20H30N2O2S/c1-16(24-19-5-3-2-4-6-19)20(23)21-15-17-7-11-22(12-8-17)18-9-13-25-14-10-18/h2-6,16-18H,7-15H2,1H3,(H,21,23). The molecule has 3 rings (SSSR count). The van der Waals surface area contributed by atoms with Crippen LogP contribution in [-0.2, 0) is 4.79 Å². The molecule has 138 valence electrons. The van der Waals surface area contributed by atoms with Crippen LogP contribution in [0.1, 0.15) is 32.6 Å². The Morgan fingerprint density at radius 2 is 1.88 bits per heavy atom. The molecular weight excluding hydrogens is 332 g/mol. The minimum atomic E-state index is -0.456. The molecule has 1 atom stereocenters. The van der Waals surface area contributed by atoms with Crippen molar-refractivity contribution in [2.75, 3.05) is 31.1 Å². The van der Waals surface area contributed by atoms with Gasteiger partial charge in [-0.2, -0.15) is 11.8 Å². The van der Waals surface area contributed by atoms with Crippen molar-refractivity contribution in [2.45, 2.75) is 44.8 Å². The lowest BCUT2D eigenvalue weighted by atomic mass is 9.94. The van der Waals surface area contributed by atoms with Crippen LogP contribution in [0.25, 0.3) is 0 Å². The Labute approximate surface area is 155 Å². The topological polar surface area (TPSA) is 41.6 Å². The molecule has 0 bridgehead atoms. The Bertz CT molecular complexity index is 526. The van der Waals surface area contributed by atoms with Crippen LogP contribution in [-0.4, -0.2) is 54.1 Å². The quantitative estimate of drug-likeness (QED) is 0.844. The molecule has 2 aliphatic heterocycles. The number of piperidine rings is 1. The molecule has 1 amide bonds. The van der Waals surface area contributed by atoms with Crippen molar-refractivity contribution in [3.05, 3.63) is 30.3 Å². The Morgan fingerprint density at radius 3 is 2.56 bits per heavy atom. The fourth-order valence-corrected chi connectivity index (χ4v) is 4.80. The monoisotopic (exact) mass is 362 g/mol. The van der Waals surface area contributed by atoms with Crippen LogP contribution >= 0.6 is 11.8 Å². The first-order valence-electron chi connectivity index (χ1n) is 9.53. The first-order valence-corrected chi connectivity index (χ1v) is 10.7. The number of carbonyl (C=O) groups is 1. The van der Waals surface area contributed by atoms with Crippen LogP contribution < -0.4 is 10.1 Å². The molecular formula is C20H30N2O2S. The van der Waals surface area contributed by atoms with Gasteiger partial charge in [0.1, 0.15) is 5.75 Å². The van der Waals surface area contributed by atoms with Gasteiger partial charge in [-0.25, -0.2) is 0 Å². The van der Waals surface area contributed by atoms with E-state index in [0.717, 1.165) is 18.3 Å². The number of likely N-dealkylation sites (tertiary alicyclic amines) is 1. The van der Waals surface area contributed by atoms with Crippen LogP contribution in [0.4, 0.5) is 0 Å². The molecule has 1 aromatic carbocycles. The minimum absolute atomic E-state index is 0.0180. The Morgan fingerprint density at radius 1 is 1.20 bits per heavy atom. The van der Waals surface area contributed by atoms with Gasteiger partial charge in [0.15, 0.2) is 6.10 Å². The largest absolute Gasteiger partial charge is 0.481 e. The van der Waals surface area contributed by atoms with E-state index in [-0.39, 0.29) is 5.91 Å². The molecule has 2 saturated heterocycles. The molecule has 2 aliphatic rings. The number of thioether (sulfide) groups is 1. The third kappa shape index (κ3) is 5.65. The third-order valence-electron chi connectivity index (χ3n) is 5.35. The number of para-hydroxylation sites is 1. The molecule has 0 saturated carbocycles. The van der Waals surface area contributed by atoms with Crippen molar-refractivity contribution in [3.8, 4) is 5.75 Å². The first kappa shape index (κ1) is 18.6. The summed E-state index contributed by atoms with van der Waals surface area (Å²) in [5.74, 6) is 3.96. The Kier molecular flexibility index (Phi) is 7.05. The zero-order valence-corrected chi connectivity index (χ0v) is 16.0. The zero-order chi connectivity index (χ0) is 17.5. The lowest BCUT2D eigenvalue weighted by Gasteiger charge is -2.39. The number of amides is 1. The number of nitrogens with zero attached hydrogens (tertiary/aromatic N) is 1. The van der Waals surface area contributed by atoms with Crippen LogP contribution in [0.15, 0.2) is 30.3 Å². The summed E-state index contributed by atoms with van der Waals surface area (Å²) in [6.07, 6.45) is 4.62. The van der Waals surface area contributed by atoms with E-state index in [9.17, 15) is 4.79 Å². The van der Waals surface area contributed by atoms with Crippen molar-refractivity contribution < 1.29 is 9.53 Å². The van der Waals surface area contributed by atoms with E-state index in [2.05, 4.69) is 22.0 Å². The highest BCUT2D eigenvalue weighted by Crippen LogP contribution is 2.26. The van der Waals surface area contributed by atoms with Crippen molar-refractivity contribution in [1.29, 1.82) is 0 Å². The van der Waals surface area contributed by atoms with Gasteiger partial charge in [0.05, 0.1) is 0 Å². The van der Waals surface area contributed by atoms with Crippen molar-refractivity contribution in [3.63, 3.8) is 0 Å². The van der Waals surface area contributed by atoms with E-state index >= 15 is 0 Å². The molecule has 0 aliphatic carbocycles. The van der Waals surface area contributed by atoms with Crippen LogP contribution in [0.2, 0.25) is 0 Å². The van der Waals surface area contributed by atoms with Gasteiger partial charge in [-0.1, -0.05) is 18.2 Å². The summed E-state index contributed by atoms with van der Waals surface area (Å²) in [6.45, 7) is 4.96. The van der Waals surface area contributed by atoms with E-state index in [1.54, 1.807) is 0 Å².